The maximum atomic E-state index is 12.5. The molecule has 0 bridgehead atoms. The molecule has 1 rings (SSSR count). The maximum Gasteiger partial charge on any atom is 0.405 e. The van der Waals surface area contributed by atoms with E-state index < -0.39 is 12.1 Å². The van der Waals surface area contributed by atoms with Crippen LogP contribution in [0.4, 0.5) is 13.2 Å². The van der Waals surface area contributed by atoms with Crippen LogP contribution >= 0.6 is 0 Å². The molecule has 2 nitrogen and oxygen atoms in total. The van der Waals surface area contributed by atoms with E-state index in [0.29, 0.717) is 6.54 Å². The zero-order valence-electron chi connectivity index (χ0n) is 9.43. The van der Waals surface area contributed by atoms with Gasteiger partial charge in [0.25, 0.3) is 0 Å². The van der Waals surface area contributed by atoms with Gasteiger partial charge in [0.1, 0.15) is 0 Å². The fourth-order valence-electron chi connectivity index (χ4n) is 2.06. The first-order valence-electron chi connectivity index (χ1n) is 5.65. The molecule has 0 aromatic heterocycles. The van der Waals surface area contributed by atoms with E-state index in [1.54, 1.807) is 4.90 Å². The first-order chi connectivity index (χ1) is 7.45. The van der Waals surface area contributed by atoms with Crippen molar-refractivity contribution in [1.82, 2.24) is 4.90 Å². The van der Waals surface area contributed by atoms with Gasteiger partial charge in [0, 0.05) is 12.6 Å². The van der Waals surface area contributed by atoms with Crippen LogP contribution in [-0.2, 0) is 0 Å². The summed E-state index contributed by atoms with van der Waals surface area (Å²) in [4.78, 5) is 1.80. The summed E-state index contributed by atoms with van der Waals surface area (Å²) in [7, 11) is 0. The van der Waals surface area contributed by atoms with Gasteiger partial charge in [-0.25, -0.2) is 0 Å². The third-order valence-corrected chi connectivity index (χ3v) is 3.16. The second-order valence-corrected chi connectivity index (χ2v) is 4.42. The number of hydrogen-bond acceptors (Lipinski definition) is 2. The van der Waals surface area contributed by atoms with Crippen molar-refractivity contribution in [2.75, 3.05) is 13.1 Å². The van der Waals surface area contributed by atoms with Crippen molar-refractivity contribution >= 4 is 0 Å². The van der Waals surface area contributed by atoms with Gasteiger partial charge < -0.3 is 0 Å². The van der Waals surface area contributed by atoms with Crippen LogP contribution in [0, 0.1) is 17.2 Å². The number of hydrogen-bond donors (Lipinski definition) is 0. The Hall–Kier alpha value is -0.760. The number of halogens is 3. The summed E-state index contributed by atoms with van der Waals surface area (Å²) in [5.41, 5.74) is 0. The van der Waals surface area contributed by atoms with Crippen LogP contribution in [0.2, 0.25) is 0 Å². The number of nitrogens with zero attached hydrogens (tertiary/aromatic N) is 2. The highest BCUT2D eigenvalue weighted by Gasteiger charge is 2.41. The van der Waals surface area contributed by atoms with Crippen LogP contribution in [-0.4, -0.2) is 30.2 Å². The molecule has 0 N–H and O–H groups in total. The quantitative estimate of drug-likeness (QED) is 0.734. The van der Waals surface area contributed by atoms with E-state index in [4.69, 9.17) is 5.26 Å². The third-order valence-electron chi connectivity index (χ3n) is 3.16. The summed E-state index contributed by atoms with van der Waals surface area (Å²) in [6.07, 6.45) is -0.401. The lowest BCUT2D eigenvalue weighted by Crippen LogP contribution is -2.40. The van der Waals surface area contributed by atoms with Crippen molar-refractivity contribution in [3.05, 3.63) is 0 Å². The Bertz CT molecular complexity index is 257. The molecule has 0 saturated carbocycles. The molecule has 0 radical (unpaired) electrons. The predicted molar refractivity (Wildman–Crippen MR) is 54.7 cm³/mol. The Morgan fingerprint density at radius 2 is 2.06 bits per heavy atom. The molecule has 92 valence electrons. The highest BCUT2D eigenvalue weighted by atomic mass is 19.4. The topological polar surface area (TPSA) is 27.0 Å². The minimum atomic E-state index is -4.40. The number of likely N-dealkylation sites (tertiary alicyclic amines) is 1. The summed E-state index contributed by atoms with van der Waals surface area (Å²) in [5.74, 6) is -1.85. The molecule has 5 heteroatoms. The highest BCUT2D eigenvalue weighted by Crippen LogP contribution is 2.28. The monoisotopic (exact) mass is 234 g/mol. The average molecular weight is 234 g/mol. The maximum absolute atomic E-state index is 12.5. The van der Waals surface area contributed by atoms with E-state index in [1.165, 1.54) is 6.07 Å². The zero-order chi connectivity index (χ0) is 12.2. The smallest absolute Gasteiger partial charge is 0.299 e. The van der Waals surface area contributed by atoms with Gasteiger partial charge in [0.05, 0.1) is 6.07 Å². The van der Waals surface area contributed by atoms with Gasteiger partial charge in [-0.3, -0.25) is 4.90 Å². The van der Waals surface area contributed by atoms with E-state index in [0.717, 1.165) is 25.7 Å². The number of nitriles is 1. The van der Waals surface area contributed by atoms with Gasteiger partial charge in [0.2, 0.25) is 0 Å². The summed E-state index contributed by atoms with van der Waals surface area (Å²) in [5, 5.41) is 8.55. The van der Waals surface area contributed by atoms with E-state index in [9.17, 15) is 13.2 Å². The van der Waals surface area contributed by atoms with Crippen molar-refractivity contribution in [2.24, 2.45) is 5.92 Å². The SMILES string of the molecule is CC1CCCCCN1CC(C#N)C(F)(F)F. The normalized spacial score (nSPS) is 25.8. The molecule has 2 atom stereocenters. The van der Waals surface area contributed by atoms with Gasteiger partial charge in [-0.1, -0.05) is 12.8 Å². The molecule has 1 heterocycles. The molecule has 0 amide bonds. The van der Waals surface area contributed by atoms with Crippen molar-refractivity contribution in [3.63, 3.8) is 0 Å². The first-order valence-corrected chi connectivity index (χ1v) is 5.65. The Labute approximate surface area is 94.0 Å². The minimum Gasteiger partial charge on any atom is -0.299 e. The third kappa shape index (κ3) is 3.67. The summed E-state index contributed by atoms with van der Waals surface area (Å²) < 4.78 is 37.4. The fraction of sp³-hybridized carbons (Fsp3) is 0.909. The van der Waals surface area contributed by atoms with Crippen LogP contribution < -0.4 is 0 Å². The van der Waals surface area contributed by atoms with Gasteiger partial charge in [-0.15, -0.1) is 0 Å². The molecule has 2 unspecified atom stereocenters. The molecule has 0 aromatic rings. The van der Waals surface area contributed by atoms with Gasteiger partial charge in [0.15, 0.2) is 5.92 Å². The average Bonchev–Trinajstić information content (AvgIpc) is 2.38. The summed E-state index contributed by atoms with van der Waals surface area (Å²) in [6, 6.07) is 1.52. The van der Waals surface area contributed by atoms with Crippen molar-refractivity contribution in [2.45, 2.75) is 44.8 Å². The number of rotatable bonds is 2. The molecule has 0 spiro atoms. The molecule has 16 heavy (non-hydrogen) atoms. The molecule has 0 aliphatic carbocycles. The first kappa shape index (κ1) is 13.3. The predicted octanol–water partition coefficient (Wildman–Crippen LogP) is 2.95. The highest BCUT2D eigenvalue weighted by molar-refractivity contribution is 4.91. The lowest BCUT2D eigenvalue weighted by molar-refractivity contribution is -0.164. The molecule has 1 aliphatic heterocycles. The van der Waals surface area contributed by atoms with Crippen molar-refractivity contribution in [1.29, 1.82) is 5.26 Å². The second kappa shape index (κ2) is 5.53. The lowest BCUT2D eigenvalue weighted by Gasteiger charge is -2.29. The van der Waals surface area contributed by atoms with E-state index in [-0.39, 0.29) is 12.6 Å². The molecule has 1 aliphatic rings. The van der Waals surface area contributed by atoms with Crippen molar-refractivity contribution < 1.29 is 13.2 Å². The van der Waals surface area contributed by atoms with Crippen LogP contribution in [0.25, 0.3) is 0 Å². The molecular formula is C11H17F3N2. The van der Waals surface area contributed by atoms with Crippen LogP contribution in [0.5, 0.6) is 0 Å². The Balaban J connectivity index is 2.60. The number of alkyl halides is 3. The zero-order valence-corrected chi connectivity index (χ0v) is 9.43. The summed E-state index contributed by atoms with van der Waals surface area (Å²) in [6.45, 7) is 2.44. The standard InChI is InChI=1S/C11H17F3N2/c1-9-5-3-2-4-6-16(9)8-10(7-15)11(12,13)14/h9-10H,2-6,8H2,1H3. The van der Waals surface area contributed by atoms with Crippen LogP contribution in [0.3, 0.4) is 0 Å². The van der Waals surface area contributed by atoms with Crippen LogP contribution in [0.15, 0.2) is 0 Å². The van der Waals surface area contributed by atoms with Gasteiger partial charge >= 0.3 is 6.18 Å². The van der Waals surface area contributed by atoms with Gasteiger partial charge in [-0.05, 0) is 26.3 Å². The second-order valence-electron chi connectivity index (χ2n) is 4.42. The Morgan fingerprint density at radius 1 is 1.38 bits per heavy atom. The lowest BCUT2D eigenvalue weighted by atomic mass is 10.1. The Kier molecular flexibility index (Phi) is 4.60. The summed E-state index contributed by atoms with van der Waals surface area (Å²) >= 11 is 0. The molecule has 0 aromatic carbocycles. The van der Waals surface area contributed by atoms with E-state index >= 15 is 0 Å². The fourth-order valence-corrected chi connectivity index (χ4v) is 2.06. The minimum absolute atomic E-state index is 0.153. The molecular weight excluding hydrogens is 217 g/mol. The molecule has 1 saturated heterocycles. The van der Waals surface area contributed by atoms with Crippen LogP contribution in [0.1, 0.15) is 32.6 Å². The van der Waals surface area contributed by atoms with Crippen molar-refractivity contribution in [3.8, 4) is 6.07 Å². The van der Waals surface area contributed by atoms with Gasteiger partial charge in [-0.2, -0.15) is 18.4 Å². The largest absolute Gasteiger partial charge is 0.405 e. The van der Waals surface area contributed by atoms with E-state index in [2.05, 4.69) is 0 Å². The Morgan fingerprint density at radius 3 is 2.62 bits per heavy atom. The molecule has 1 fully saturated rings. The van der Waals surface area contributed by atoms with E-state index in [1.807, 2.05) is 6.92 Å².